The van der Waals surface area contributed by atoms with Crippen molar-refractivity contribution >= 4 is 22.5 Å². The molecule has 2 nitrogen and oxygen atoms in total. The Morgan fingerprint density at radius 1 is 1.10 bits per heavy atom. The smallest absolute Gasteiger partial charge is 0.107 e. The normalized spacial score (nSPS) is 12.6. The Balaban J connectivity index is 2.05. The maximum Gasteiger partial charge on any atom is 0.107 e. The van der Waals surface area contributed by atoms with Crippen LogP contribution in [0, 0.1) is 6.92 Å². The third-order valence-corrected chi connectivity index (χ3v) is 3.71. The second-order valence-electron chi connectivity index (χ2n) is 4.89. The van der Waals surface area contributed by atoms with Crippen LogP contribution in [0.4, 0.5) is 0 Å². The van der Waals surface area contributed by atoms with Crippen LogP contribution in [0.5, 0.6) is 0 Å². The summed E-state index contributed by atoms with van der Waals surface area (Å²) < 4.78 is 0. The fourth-order valence-corrected chi connectivity index (χ4v) is 2.61. The first kappa shape index (κ1) is 13.1. The van der Waals surface area contributed by atoms with Gasteiger partial charge in [0.15, 0.2) is 0 Å². The van der Waals surface area contributed by atoms with Gasteiger partial charge in [-0.25, -0.2) is 0 Å². The van der Waals surface area contributed by atoms with E-state index in [2.05, 4.69) is 4.98 Å². The number of halogens is 1. The summed E-state index contributed by atoms with van der Waals surface area (Å²) in [6.45, 7) is 1.97. The predicted molar refractivity (Wildman–Crippen MR) is 82.0 cm³/mol. The Labute approximate surface area is 122 Å². The second kappa shape index (κ2) is 5.23. The quantitative estimate of drug-likeness (QED) is 0.761. The topological polar surface area (TPSA) is 33.1 Å². The van der Waals surface area contributed by atoms with Gasteiger partial charge in [0.1, 0.15) is 6.10 Å². The molecule has 0 radical (unpaired) electrons. The molecule has 1 aromatic heterocycles. The van der Waals surface area contributed by atoms with Crippen LogP contribution < -0.4 is 0 Å². The lowest BCUT2D eigenvalue weighted by atomic mass is 10.0. The van der Waals surface area contributed by atoms with Crippen molar-refractivity contribution in [2.45, 2.75) is 13.0 Å². The van der Waals surface area contributed by atoms with Gasteiger partial charge in [0.2, 0.25) is 0 Å². The maximum atomic E-state index is 10.5. The fourth-order valence-electron chi connectivity index (χ4n) is 2.27. The van der Waals surface area contributed by atoms with Crippen LogP contribution >= 0.6 is 11.6 Å². The molecule has 0 saturated heterocycles. The SMILES string of the molecule is Cc1ccc(C(O)c2cnc3ccccc3c2)c(Cl)c1. The monoisotopic (exact) mass is 283 g/mol. The number of rotatable bonds is 2. The van der Waals surface area contributed by atoms with Gasteiger partial charge in [-0.15, -0.1) is 0 Å². The number of pyridine rings is 1. The molecule has 1 heterocycles. The number of aliphatic hydroxyl groups excluding tert-OH is 1. The molecule has 100 valence electrons. The molecule has 0 aliphatic carbocycles. The number of nitrogens with zero attached hydrogens (tertiary/aromatic N) is 1. The molecule has 3 rings (SSSR count). The van der Waals surface area contributed by atoms with Crippen molar-refractivity contribution in [3.05, 3.63) is 76.4 Å². The highest BCUT2D eigenvalue weighted by atomic mass is 35.5. The third-order valence-electron chi connectivity index (χ3n) is 3.38. The molecule has 2 aromatic carbocycles. The molecule has 1 N–H and O–H groups in total. The van der Waals surface area contributed by atoms with E-state index in [-0.39, 0.29) is 0 Å². The van der Waals surface area contributed by atoms with Gasteiger partial charge < -0.3 is 5.11 Å². The Kier molecular flexibility index (Phi) is 3.43. The Hall–Kier alpha value is -1.90. The molecule has 3 heteroatoms. The van der Waals surface area contributed by atoms with Crippen molar-refractivity contribution in [2.75, 3.05) is 0 Å². The molecule has 0 aliphatic heterocycles. The molecule has 0 fully saturated rings. The molecule has 0 saturated carbocycles. The number of hydrogen-bond acceptors (Lipinski definition) is 2. The van der Waals surface area contributed by atoms with Crippen molar-refractivity contribution in [3.63, 3.8) is 0 Å². The molecule has 1 unspecified atom stereocenters. The summed E-state index contributed by atoms with van der Waals surface area (Å²) in [5, 5.41) is 12.1. The maximum absolute atomic E-state index is 10.5. The summed E-state index contributed by atoms with van der Waals surface area (Å²) in [5.41, 5.74) is 3.44. The van der Waals surface area contributed by atoms with Crippen molar-refractivity contribution in [1.29, 1.82) is 0 Å². The Morgan fingerprint density at radius 3 is 2.70 bits per heavy atom. The molecule has 0 bridgehead atoms. The van der Waals surface area contributed by atoms with E-state index in [1.807, 2.05) is 55.5 Å². The summed E-state index contributed by atoms with van der Waals surface area (Å²) in [4.78, 5) is 4.37. The summed E-state index contributed by atoms with van der Waals surface area (Å²) in [7, 11) is 0. The standard InChI is InChI=1S/C17H14ClNO/c1-11-6-7-14(15(18)8-11)17(20)13-9-12-4-2-3-5-16(12)19-10-13/h2-10,17,20H,1H3. The van der Waals surface area contributed by atoms with Crippen molar-refractivity contribution < 1.29 is 5.11 Å². The van der Waals surface area contributed by atoms with Crippen molar-refractivity contribution in [1.82, 2.24) is 4.98 Å². The predicted octanol–water partition coefficient (Wildman–Crippen LogP) is 4.28. The average Bonchev–Trinajstić information content (AvgIpc) is 2.46. The van der Waals surface area contributed by atoms with E-state index in [4.69, 9.17) is 11.6 Å². The molecular weight excluding hydrogens is 270 g/mol. The zero-order chi connectivity index (χ0) is 14.1. The van der Waals surface area contributed by atoms with Crippen molar-refractivity contribution in [3.8, 4) is 0 Å². The largest absolute Gasteiger partial charge is 0.384 e. The summed E-state index contributed by atoms with van der Waals surface area (Å²) >= 11 is 6.21. The van der Waals surface area contributed by atoms with Crippen LogP contribution in [0.1, 0.15) is 22.8 Å². The zero-order valence-corrected chi connectivity index (χ0v) is 11.8. The number of fused-ring (bicyclic) bond motifs is 1. The minimum absolute atomic E-state index is 0.575. The Bertz CT molecular complexity index is 770. The van der Waals surface area contributed by atoms with Gasteiger partial charge in [-0.1, -0.05) is 41.9 Å². The van der Waals surface area contributed by atoms with E-state index in [0.717, 1.165) is 22.0 Å². The molecule has 1 atom stereocenters. The van der Waals surface area contributed by atoms with Gasteiger partial charge in [0.25, 0.3) is 0 Å². The lowest BCUT2D eigenvalue weighted by Gasteiger charge is -2.14. The van der Waals surface area contributed by atoms with Gasteiger partial charge in [0, 0.05) is 27.7 Å². The zero-order valence-electron chi connectivity index (χ0n) is 11.0. The number of aryl methyl sites for hydroxylation is 1. The van der Waals surface area contributed by atoms with Gasteiger partial charge in [0.05, 0.1) is 5.52 Å². The van der Waals surface area contributed by atoms with Gasteiger partial charge in [-0.2, -0.15) is 0 Å². The average molecular weight is 284 g/mol. The van der Waals surface area contributed by atoms with E-state index in [9.17, 15) is 5.11 Å². The third kappa shape index (κ3) is 2.40. The van der Waals surface area contributed by atoms with Crippen LogP contribution in [0.2, 0.25) is 5.02 Å². The number of benzene rings is 2. The highest BCUT2D eigenvalue weighted by Crippen LogP contribution is 2.29. The summed E-state index contributed by atoms with van der Waals surface area (Å²) in [5.74, 6) is 0. The van der Waals surface area contributed by atoms with Crippen LogP contribution in [-0.2, 0) is 0 Å². The highest BCUT2D eigenvalue weighted by Gasteiger charge is 2.14. The van der Waals surface area contributed by atoms with Crippen LogP contribution in [-0.4, -0.2) is 10.1 Å². The highest BCUT2D eigenvalue weighted by molar-refractivity contribution is 6.31. The van der Waals surface area contributed by atoms with Gasteiger partial charge in [-0.05, 0) is 30.7 Å². The van der Waals surface area contributed by atoms with E-state index in [0.29, 0.717) is 10.6 Å². The molecule has 20 heavy (non-hydrogen) atoms. The summed E-state index contributed by atoms with van der Waals surface area (Å²) in [6.07, 6.45) is 0.934. The lowest BCUT2D eigenvalue weighted by molar-refractivity contribution is 0.220. The first-order valence-corrected chi connectivity index (χ1v) is 6.82. The van der Waals surface area contributed by atoms with E-state index < -0.39 is 6.10 Å². The number of hydrogen-bond donors (Lipinski definition) is 1. The fraction of sp³-hybridized carbons (Fsp3) is 0.118. The molecular formula is C17H14ClNO. The molecule has 3 aromatic rings. The minimum atomic E-state index is -0.764. The van der Waals surface area contributed by atoms with E-state index in [1.165, 1.54) is 0 Å². The first-order valence-electron chi connectivity index (χ1n) is 6.44. The number of aliphatic hydroxyl groups is 1. The number of aromatic nitrogens is 1. The summed E-state index contributed by atoms with van der Waals surface area (Å²) in [6, 6.07) is 15.4. The molecule has 0 amide bonds. The van der Waals surface area contributed by atoms with Crippen LogP contribution in [0.3, 0.4) is 0 Å². The molecule has 0 aliphatic rings. The van der Waals surface area contributed by atoms with E-state index >= 15 is 0 Å². The minimum Gasteiger partial charge on any atom is -0.384 e. The molecule has 0 spiro atoms. The van der Waals surface area contributed by atoms with Crippen LogP contribution in [0.15, 0.2) is 54.7 Å². The van der Waals surface area contributed by atoms with Gasteiger partial charge in [-0.3, -0.25) is 4.98 Å². The Morgan fingerprint density at radius 2 is 1.90 bits per heavy atom. The first-order chi connectivity index (χ1) is 9.65. The van der Waals surface area contributed by atoms with E-state index in [1.54, 1.807) is 6.20 Å². The van der Waals surface area contributed by atoms with Crippen LogP contribution in [0.25, 0.3) is 10.9 Å². The van der Waals surface area contributed by atoms with Crippen molar-refractivity contribution in [2.24, 2.45) is 0 Å². The van der Waals surface area contributed by atoms with Gasteiger partial charge >= 0.3 is 0 Å². The lowest BCUT2D eigenvalue weighted by Crippen LogP contribution is -2.01. The number of para-hydroxylation sites is 1. The second-order valence-corrected chi connectivity index (χ2v) is 5.30.